The molecule has 1 saturated heterocycles. The van der Waals surface area contributed by atoms with Crippen LogP contribution in [0.5, 0.6) is 0 Å². The second-order valence-electron chi connectivity index (χ2n) is 7.74. The highest BCUT2D eigenvalue weighted by Gasteiger charge is 2.38. The van der Waals surface area contributed by atoms with E-state index in [1.165, 1.54) is 20.3 Å². The predicted octanol–water partition coefficient (Wildman–Crippen LogP) is 1.65. The van der Waals surface area contributed by atoms with E-state index in [0.717, 1.165) is 19.3 Å². The maximum absolute atomic E-state index is 13.4. The highest BCUT2D eigenvalue weighted by atomic mass is 16.5. The number of carbonyl (C=O) groups is 3. The third-order valence-corrected chi connectivity index (χ3v) is 5.54. The highest BCUT2D eigenvalue weighted by Crippen LogP contribution is 2.29. The van der Waals surface area contributed by atoms with Gasteiger partial charge in [0.1, 0.15) is 6.61 Å². The molecule has 10 heteroatoms. The molecule has 1 fully saturated rings. The first-order valence-corrected chi connectivity index (χ1v) is 11.1. The van der Waals surface area contributed by atoms with Crippen LogP contribution in [0.2, 0.25) is 0 Å². The molecule has 10 nitrogen and oxygen atoms in total. The van der Waals surface area contributed by atoms with Gasteiger partial charge in [-0.2, -0.15) is 0 Å². The van der Waals surface area contributed by atoms with Crippen LogP contribution in [0.4, 0.5) is 4.79 Å². The second kappa shape index (κ2) is 13.5. The monoisotopic (exact) mass is 466 g/mol. The number of methoxy groups -OCH3 is 2. The number of carbonyl (C=O) groups excluding carboxylic acids is 3. The number of amides is 2. The molecule has 1 aliphatic heterocycles. The molecule has 184 valence electrons. The first-order valence-electron chi connectivity index (χ1n) is 11.1. The van der Waals surface area contributed by atoms with Crippen LogP contribution in [0, 0.1) is 5.92 Å². The summed E-state index contributed by atoms with van der Waals surface area (Å²) in [6, 6.07) is -1.02. The number of aliphatic hydroxyl groups excluding tert-OH is 1. The van der Waals surface area contributed by atoms with Crippen molar-refractivity contribution in [3.63, 3.8) is 0 Å². The summed E-state index contributed by atoms with van der Waals surface area (Å²) in [5.41, 5.74) is 0. The normalized spacial score (nSPS) is 22.4. The topological polar surface area (TPSA) is 124 Å². The molecule has 2 unspecified atom stereocenters. The maximum atomic E-state index is 13.4. The Labute approximate surface area is 194 Å². The van der Waals surface area contributed by atoms with E-state index in [4.69, 9.17) is 14.2 Å². The molecule has 0 aromatic rings. The molecule has 3 atom stereocenters. The standard InChI is InChI=1S/C23H34N2O8/c1-4-11-33-23(29)24-18-14-20(32-12-7-9-21(27)31-3)19(30-2)13-17(18)22(28)25-10-6-5-8-16(25)15-26/h4,13-14,16-18,26H,1,5-12,15H2,2-3H3,(H,24,29)/t16-,17?,18?/m0/s1. The number of esters is 1. The van der Waals surface area contributed by atoms with Crippen LogP contribution in [0.15, 0.2) is 36.3 Å². The molecular formula is C23H34N2O8. The fraction of sp³-hybridized carbons (Fsp3) is 0.609. The Bertz CT molecular complexity index is 764. The van der Waals surface area contributed by atoms with Crippen molar-refractivity contribution in [1.82, 2.24) is 10.2 Å². The molecule has 1 aliphatic carbocycles. The van der Waals surface area contributed by atoms with Gasteiger partial charge in [-0.3, -0.25) is 9.59 Å². The van der Waals surface area contributed by atoms with Gasteiger partial charge in [-0.25, -0.2) is 4.79 Å². The number of piperidine rings is 1. The Morgan fingerprint density at radius 1 is 1.24 bits per heavy atom. The molecule has 33 heavy (non-hydrogen) atoms. The Balaban J connectivity index is 2.21. The van der Waals surface area contributed by atoms with Crippen molar-refractivity contribution in [1.29, 1.82) is 0 Å². The number of nitrogens with one attached hydrogen (secondary N) is 1. The van der Waals surface area contributed by atoms with Gasteiger partial charge in [0.05, 0.1) is 45.4 Å². The Kier molecular flexibility index (Phi) is 10.8. The lowest BCUT2D eigenvalue weighted by molar-refractivity contribution is -0.141. The van der Waals surface area contributed by atoms with Crippen molar-refractivity contribution in [3.8, 4) is 0 Å². The summed E-state index contributed by atoms with van der Waals surface area (Å²) in [6.07, 6.45) is 7.09. The molecule has 0 bridgehead atoms. The summed E-state index contributed by atoms with van der Waals surface area (Å²) in [4.78, 5) is 38.7. The number of ether oxygens (including phenoxy) is 4. The van der Waals surface area contributed by atoms with Crippen LogP contribution in [0.25, 0.3) is 0 Å². The van der Waals surface area contributed by atoms with E-state index in [1.54, 1.807) is 17.1 Å². The summed E-state index contributed by atoms with van der Waals surface area (Å²) in [5.74, 6) is -0.641. The minimum atomic E-state index is -0.772. The van der Waals surface area contributed by atoms with E-state index in [1.807, 2.05) is 0 Å². The summed E-state index contributed by atoms with van der Waals surface area (Å²) in [7, 11) is 2.78. The molecule has 2 aliphatic rings. The molecule has 2 N–H and O–H groups in total. The largest absolute Gasteiger partial charge is 0.493 e. The molecular weight excluding hydrogens is 432 g/mol. The third kappa shape index (κ3) is 7.52. The molecule has 0 aromatic carbocycles. The van der Waals surface area contributed by atoms with E-state index < -0.39 is 18.1 Å². The summed E-state index contributed by atoms with van der Waals surface area (Å²) in [6.45, 7) is 4.16. The number of likely N-dealkylation sites (tertiary alicyclic amines) is 1. The summed E-state index contributed by atoms with van der Waals surface area (Å²) >= 11 is 0. The Morgan fingerprint density at radius 2 is 2.03 bits per heavy atom. The van der Waals surface area contributed by atoms with Gasteiger partial charge >= 0.3 is 12.1 Å². The van der Waals surface area contributed by atoms with Crippen LogP contribution in [0.3, 0.4) is 0 Å². The molecule has 0 aromatic heterocycles. The maximum Gasteiger partial charge on any atom is 0.407 e. The molecule has 0 radical (unpaired) electrons. The van der Waals surface area contributed by atoms with Crippen molar-refractivity contribution in [2.24, 2.45) is 5.92 Å². The SMILES string of the molecule is C=CCOC(=O)NC1C=C(OCCCC(=O)OC)C(OC)=CC1C(=O)N1CCCC[C@H]1CO. The molecule has 2 rings (SSSR count). The zero-order chi connectivity index (χ0) is 24.2. The highest BCUT2D eigenvalue weighted by molar-refractivity contribution is 5.84. The van der Waals surface area contributed by atoms with Crippen molar-refractivity contribution >= 4 is 18.0 Å². The quantitative estimate of drug-likeness (QED) is 0.268. The van der Waals surface area contributed by atoms with E-state index in [-0.39, 0.29) is 44.2 Å². The van der Waals surface area contributed by atoms with Gasteiger partial charge in [-0.05, 0) is 37.8 Å². The summed E-state index contributed by atoms with van der Waals surface area (Å²) < 4.78 is 20.9. The van der Waals surface area contributed by atoms with E-state index >= 15 is 0 Å². The van der Waals surface area contributed by atoms with E-state index in [9.17, 15) is 19.5 Å². The van der Waals surface area contributed by atoms with Crippen LogP contribution in [0.1, 0.15) is 32.1 Å². The lowest BCUT2D eigenvalue weighted by atomic mass is 9.90. The lowest BCUT2D eigenvalue weighted by Gasteiger charge is -2.38. The van der Waals surface area contributed by atoms with Gasteiger partial charge in [0.25, 0.3) is 0 Å². The number of aliphatic hydroxyl groups is 1. The molecule has 2 amide bonds. The Morgan fingerprint density at radius 3 is 2.70 bits per heavy atom. The lowest BCUT2D eigenvalue weighted by Crippen LogP contribution is -2.53. The van der Waals surface area contributed by atoms with Gasteiger partial charge in [0, 0.05) is 13.0 Å². The molecule has 1 heterocycles. The predicted molar refractivity (Wildman–Crippen MR) is 119 cm³/mol. The minimum Gasteiger partial charge on any atom is -0.493 e. The number of alkyl carbamates (subject to hydrolysis) is 1. The Hall–Kier alpha value is -3.01. The average Bonchev–Trinajstić information content (AvgIpc) is 2.84. The minimum absolute atomic E-state index is 0.0235. The fourth-order valence-corrected chi connectivity index (χ4v) is 3.83. The molecule has 0 spiro atoms. The third-order valence-electron chi connectivity index (χ3n) is 5.54. The van der Waals surface area contributed by atoms with Crippen LogP contribution in [-0.2, 0) is 28.5 Å². The van der Waals surface area contributed by atoms with Gasteiger partial charge in [0.2, 0.25) is 5.91 Å². The van der Waals surface area contributed by atoms with Crippen LogP contribution >= 0.6 is 0 Å². The fourth-order valence-electron chi connectivity index (χ4n) is 3.83. The number of hydrogen-bond donors (Lipinski definition) is 2. The number of nitrogens with zero attached hydrogens (tertiary/aromatic N) is 1. The van der Waals surface area contributed by atoms with Crippen molar-refractivity contribution in [2.75, 3.05) is 40.6 Å². The second-order valence-corrected chi connectivity index (χ2v) is 7.74. The smallest absolute Gasteiger partial charge is 0.407 e. The average molecular weight is 467 g/mol. The van der Waals surface area contributed by atoms with E-state index in [2.05, 4.69) is 16.6 Å². The van der Waals surface area contributed by atoms with Gasteiger partial charge in [0.15, 0.2) is 11.5 Å². The zero-order valence-corrected chi connectivity index (χ0v) is 19.3. The van der Waals surface area contributed by atoms with Crippen LogP contribution in [-0.4, -0.2) is 80.6 Å². The van der Waals surface area contributed by atoms with Gasteiger partial charge < -0.3 is 34.3 Å². The number of hydrogen-bond acceptors (Lipinski definition) is 8. The van der Waals surface area contributed by atoms with Crippen LogP contribution < -0.4 is 5.32 Å². The van der Waals surface area contributed by atoms with Gasteiger partial charge in [-0.15, -0.1) is 0 Å². The first kappa shape index (κ1) is 26.2. The number of rotatable bonds is 11. The first-order chi connectivity index (χ1) is 15.9. The molecule has 0 saturated carbocycles. The zero-order valence-electron chi connectivity index (χ0n) is 19.3. The van der Waals surface area contributed by atoms with Crippen molar-refractivity contribution < 1.29 is 38.4 Å². The van der Waals surface area contributed by atoms with Gasteiger partial charge in [-0.1, -0.05) is 12.7 Å². The van der Waals surface area contributed by atoms with Crippen molar-refractivity contribution in [2.45, 2.75) is 44.2 Å². The van der Waals surface area contributed by atoms with Crippen molar-refractivity contribution in [3.05, 3.63) is 36.3 Å². The van der Waals surface area contributed by atoms with E-state index in [0.29, 0.717) is 24.5 Å². The summed E-state index contributed by atoms with van der Waals surface area (Å²) in [5, 5.41) is 12.4.